The minimum atomic E-state index is -3.65. The molecule has 6 nitrogen and oxygen atoms in total. The molecule has 1 atom stereocenters. The standard InChI is InChI=1S/C14H23NO5S/c1-4-19-13-7-6-12(10-14(13)20-5-2)21(17,18)15-11(3)8-9-16/h6-7,10-11,15-16H,4-5,8-9H2,1-3H3. The number of hydrogen-bond donors (Lipinski definition) is 2. The maximum atomic E-state index is 12.3. The van der Waals surface area contributed by atoms with Gasteiger partial charge in [0.25, 0.3) is 0 Å². The molecule has 1 unspecified atom stereocenters. The molecule has 1 aromatic rings. The van der Waals surface area contributed by atoms with Gasteiger partial charge in [0.2, 0.25) is 10.0 Å². The minimum Gasteiger partial charge on any atom is -0.490 e. The van der Waals surface area contributed by atoms with E-state index in [4.69, 9.17) is 14.6 Å². The Balaban J connectivity index is 3.04. The molecule has 0 aliphatic heterocycles. The normalized spacial score (nSPS) is 13.0. The smallest absolute Gasteiger partial charge is 0.240 e. The zero-order valence-corrected chi connectivity index (χ0v) is 13.4. The lowest BCUT2D eigenvalue weighted by atomic mass is 10.3. The molecular weight excluding hydrogens is 294 g/mol. The van der Waals surface area contributed by atoms with Crippen molar-refractivity contribution < 1.29 is 23.0 Å². The van der Waals surface area contributed by atoms with Crippen molar-refractivity contribution >= 4 is 10.0 Å². The first-order valence-corrected chi connectivity index (χ1v) is 8.45. The fraction of sp³-hybridized carbons (Fsp3) is 0.571. The van der Waals surface area contributed by atoms with Gasteiger partial charge in [0, 0.05) is 18.7 Å². The van der Waals surface area contributed by atoms with Crippen molar-refractivity contribution in [1.82, 2.24) is 4.72 Å². The van der Waals surface area contributed by atoms with Gasteiger partial charge >= 0.3 is 0 Å². The third kappa shape index (κ3) is 5.18. The van der Waals surface area contributed by atoms with Crippen molar-refractivity contribution in [2.45, 2.75) is 38.1 Å². The van der Waals surface area contributed by atoms with E-state index < -0.39 is 10.0 Å². The fourth-order valence-corrected chi connectivity index (χ4v) is 3.08. The number of ether oxygens (including phenoxy) is 2. The van der Waals surface area contributed by atoms with E-state index in [1.54, 1.807) is 13.0 Å². The summed E-state index contributed by atoms with van der Waals surface area (Å²) < 4.78 is 37.8. The highest BCUT2D eigenvalue weighted by molar-refractivity contribution is 7.89. The average molecular weight is 317 g/mol. The van der Waals surface area contributed by atoms with Crippen LogP contribution in [0.5, 0.6) is 11.5 Å². The Morgan fingerprint density at radius 1 is 1.19 bits per heavy atom. The van der Waals surface area contributed by atoms with E-state index in [1.807, 2.05) is 13.8 Å². The first-order valence-electron chi connectivity index (χ1n) is 6.97. The zero-order valence-electron chi connectivity index (χ0n) is 12.6. The highest BCUT2D eigenvalue weighted by atomic mass is 32.2. The van der Waals surface area contributed by atoms with Gasteiger partial charge in [-0.15, -0.1) is 0 Å². The first-order chi connectivity index (χ1) is 9.94. The molecule has 21 heavy (non-hydrogen) atoms. The van der Waals surface area contributed by atoms with Gasteiger partial charge in [-0.05, 0) is 39.3 Å². The van der Waals surface area contributed by atoms with Crippen molar-refractivity contribution in [3.05, 3.63) is 18.2 Å². The van der Waals surface area contributed by atoms with E-state index in [0.29, 0.717) is 31.1 Å². The second kappa shape index (κ2) is 8.21. The maximum Gasteiger partial charge on any atom is 0.240 e. The van der Waals surface area contributed by atoms with Crippen LogP contribution >= 0.6 is 0 Å². The van der Waals surface area contributed by atoms with Crippen molar-refractivity contribution in [1.29, 1.82) is 0 Å². The minimum absolute atomic E-state index is 0.0723. The van der Waals surface area contributed by atoms with Crippen LogP contribution in [0.3, 0.4) is 0 Å². The summed E-state index contributed by atoms with van der Waals surface area (Å²) in [5, 5.41) is 8.84. The second-order valence-electron chi connectivity index (χ2n) is 4.51. The molecule has 2 N–H and O–H groups in total. The van der Waals surface area contributed by atoms with Crippen LogP contribution in [0.15, 0.2) is 23.1 Å². The summed E-state index contributed by atoms with van der Waals surface area (Å²) in [5.74, 6) is 0.916. The lowest BCUT2D eigenvalue weighted by molar-refractivity contribution is 0.275. The van der Waals surface area contributed by atoms with Gasteiger partial charge in [0.15, 0.2) is 11.5 Å². The number of sulfonamides is 1. The van der Waals surface area contributed by atoms with E-state index in [1.165, 1.54) is 12.1 Å². The number of aliphatic hydroxyl groups excluding tert-OH is 1. The molecule has 120 valence electrons. The largest absolute Gasteiger partial charge is 0.490 e. The van der Waals surface area contributed by atoms with Crippen LogP contribution in [-0.4, -0.2) is 39.4 Å². The van der Waals surface area contributed by atoms with Crippen LogP contribution in [0.4, 0.5) is 0 Å². The molecule has 0 aliphatic carbocycles. The van der Waals surface area contributed by atoms with E-state index in [9.17, 15) is 8.42 Å². The van der Waals surface area contributed by atoms with Gasteiger partial charge in [-0.3, -0.25) is 0 Å². The summed E-state index contributed by atoms with van der Waals surface area (Å²) in [6.45, 7) is 6.18. The van der Waals surface area contributed by atoms with E-state index in [0.717, 1.165) is 0 Å². The predicted octanol–water partition coefficient (Wildman–Crippen LogP) is 1.53. The molecule has 0 fully saturated rings. The number of aliphatic hydroxyl groups is 1. The van der Waals surface area contributed by atoms with Gasteiger partial charge in [-0.1, -0.05) is 0 Å². The molecule has 7 heteroatoms. The van der Waals surface area contributed by atoms with E-state index >= 15 is 0 Å². The molecule has 0 saturated heterocycles. The number of benzene rings is 1. The summed E-state index contributed by atoms with van der Waals surface area (Å²) in [6, 6.07) is 4.16. The molecule has 1 rings (SSSR count). The van der Waals surface area contributed by atoms with Gasteiger partial charge < -0.3 is 14.6 Å². The Hall–Kier alpha value is -1.31. The monoisotopic (exact) mass is 317 g/mol. The number of nitrogens with one attached hydrogen (secondary N) is 1. The highest BCUT2D eigenvalue weighted by Gasteiger charge is 2.19. The van der Waals surface area contributed by atoms with Crippen molar-refractivity contribution in [3.8, 4) is 11.5 Å². The average Bonchev–Trinajstić information content (AvgIpc) is 2.40. The van der Waals surface area contributed by atoms with Crippen molar-refractivity contribution in [3.63, 3.8) is 0 Å². The van der Waals surface area contributed by atoms with Crippen LogP contribution in [-0.2, 0) is 10.0 Å². The second-order valence-corrected chi connectivity index (χ2v) is 6.22. The lowest BCUT2D eigenvalue weighted by Crippen LogP contribution is -2.33. The summed E-state index contributed by atoms with van der Waals surface area (Å²) in [7, 11) is -3.65. The quantitative estimate of drug-likeness (QED) is 0.721. The van der Waals surface area contributed by atoms with Crippen molar-refractivity contribution in [2.75, 3.05) is 19.8 Å². The third-order valence-electron chi connectivity index (χ3n) is 2.74. The third-order valence-corrected chi connectivity index (χ3v) is 4.33. The van der Waals surface area contributed by atoms with Crippen LogP contribution in [0.1, 0.15) is 27.2 Å². The van der Waals surface area contributed by atoms with Crippen LogP contribution in [0.25, 0.3) is 0 Å². The van der Waals surface area contributed by atoms with E-state index in [-0.39, 0.29) is 17.5 Å². The molecule has 0 radical (unpaired) electrons. The van der Waals surface area contributed by atoms with Crippen LogP contribution in [0.2, 0.25) is 0 Å². The number of hydrogen-bond acceptors (Lipinski definition) is 5. The molecule has 0 aliphatic rings. The molecule has 0 amide bonds. The Kier molecular flexibility index (Phi) is 6.94. The van der Waals surface area contributed by atoms with Gasteiger partial charge in [0.1, 0.15) is 0 Å². The van der Waals surface area contributed by atoms with Crippen molar-refractivity contribution in [2.24, 2.45) is 0 Å². The summed E-state index contributed by atoms with van der Waals surface area (Å²) in [6.07, 6.45) is 0.356. The SMILES string of the molecule is CCOc1ccc(S(=O)(=O)NC(C)CCO)cc1OCC. The van der Waals surface area contributed by atoms with Gasteiger partial charge in [0.05, 0.1) is 18.1 Å². The van der Waals surface area contributed by atoms with Crippen LogP contribution < -0.4 is 14.2 Å². The molecular formula is C14H23NO5S. The Morgan fingerprint density at radius 3 is 2.38 bits per heavy atom. The molecule has 0 aromatic heterocycles. The first kappa shape index (κ1) is 17.7. The van der Waals surface area contributed by atoms with Gasteiger partial charge in [-0.25, -0.2) is 13.1 Å². The Morgan fingerprint density at radius 2 is 1.81 bits per heavy atom. The number of rotatable bonds is 9. The molecule has 0 spiro atoms. The molecule has 0 heterocycles. The Bertz CT molecular complexity index is 544. The molecule has 0 bridgehead atoms. The predicted molar refractivity (Wildman–Crippen MR) is 80.3 cm³/mol. The summed E-state index contributed by atoms with van der Waals surface area (Å²) in [5.41, 5.74) is 0. The Labute approximate surface area is 126 Å². The molecule has 0 saturated carbocycles. The zero-order chi connectivity index (χ0) is 15.9. The topological polar surface area (TPSA) is 84.9 Å². The lowest BCUT2D eigenvalue weighted by Gasteiger charge is -2.15. The highest BCUT2D eigenvalue weighted by Crippen LogP contribution is 2.30. The summed E-state index contributed by atoms with van der Waals surface area (Å²) >= 11 is 0. The fourth-order valence-electron chi connectivity index (χ4n) is 1.78. The maximum absolute atomic E-state index is 12.3. The summed E-state index contributed by atoms with van der Waals surface area (Å²) in [4.78, 5) is 0.110. The van der Waals surface area contributed by atoms with E-state index in [2.05, 4.69) is 4.72 Å². The van der Waals surface area contributed by atoms with Crippen LogP contribution in [0, 0.1) is 0 Å². The molecule has 1 aromatic carbocycles. The van der Waals surface area contributed by atoms with Gasteiger partial charge in [-0.2, -0.15) is 0 Å².